The van der Waals surface area contributed by atoms with E-state index < -0.39 is 11.6 Å². The highest BCUT2D eigenvalue weighted by molar-refractivity contribution is 6.39. The highest BCUT2D eigenvalue weighted by Crippen LogP contribution is 2.44. The lowest BCUT2D eigenvalue weighted by atomic mass is 9.79. The van der Waals surface area contributed by atoms with Crippen molar-refractivity contribution in [2.45, 2.75) is 73.8 Å². The third-order valence-electron chi connectivity index (χ3n) is 10.1. The molecule has 2 aromatic carbocycles. The van der Waals surface area contributed by atoms with Crippen molar-refractivity contribution in [1.29, 1.82) is 0 Å². The van der Waals surface area contributed by atoms with Gasteiger partial charge in [-0.1, -0.05) is 12.1 Å². The number of hydrogen-bond donors (Lipinski definition) is 3. The van der Waals surface area contributed by atoms with E-state index in [1.807, 2.05) is 62.6 Å². The number of aliphatic hydroxyl groups excluding tert-OH is 1. The number of ether oxygens (including phenoxy) is 2. The van der Waals surface area contributed by atoms with Crippen molar-refractivity contribution in [3.63, 3.8) is 0 Å². The molecule has 1 heterocycles. The molecule has 0 spiro atoms. The minimum Gasteiger partial charge on any atom is -0.507 e. The summed E-state index contributed by atoms with van der Waals surface area (Å²) in [5.74, 6) is -0.289. The molecule has 10 nitrogen and oxygen atoms in total. The third kappa shape index (κ3) is 6.58. The molecule has 0 fully saturated rings. The third-order valence-corrected chi connectivity index (χ3v) is 10.1. The highest BCUT2D eigenvalue weighted by atomic mass is 16.6. The molecule has 1 unspecified atom stereocenters. The summed E-state index contributed by atoms with van der Waals surface area (Å²) in [7, 11) is 0. The molecule has 0 saturated carbocycles. The van der Waals surface area contributed by atoms with Gasteiger partial charge < -0.3 is 29.9 Å². The Bertz CT molecular complexity index is 1910. The van der Waals surface area contributed by atoms with E-state index in [1.54, 1.807) is 19.1 Å². The molecular formula is C40H48N3O7+. The number of Topliss-reactive ketones (excluding diaryl/α,β-unsaturated/α-hetero) is 1. The summed E-state index contributed by atoms with van der Waals surface area (Å²) in [4.78, 5) is 41.2. The van der Waals surface area contributed by atoms with Gasteiger partial charge in [0.2, 0.25) is 23.0 Å². The first-order valence-electron chi connectivity index (χ1n) is 17.3. The molecule has 0 bridgehead atoms. The number of phenolic OH excluding ortho intramolecular Hbond substituents is 1. The van der Waals surface area contributed by atoms with E-state index in [2.05, 4.69) is 24.1 Å². The lowest BCUT2D eigenvalue weighted by molar-refractivity contribution is -0.525. The molecule has 3 N–H and O–H groups in total. The van der Waals surface area contributed by atoms with Crippen molar-refractivity contribution in [3.8, 4) is 11.5 Å². The van der Waals surface area contributed by atoms with Crippen LogP contribution in [0.4, 0.5) is 5.69 Å². The Balaban J connectivity index is 1.34. The van der Waals surface area contributed by atoms with Crippen molar-refractivity contribution in [2.75, 3.05) is 37.7 Å². The van der Waals surface area contributed by atoms with Crippen LogP contribution in [0.3, 0.4) is 0 Å². The van der Waals surface area contributed by atoms with Crippen LogP contribution in [0, 0.1) is 20.8 Å². The molecule has 10 heteroatoms. The Kier molecular flexibility index (Phi) is 10.4. The van der Waals surface area contributed by atoms with E-state index in [0.717, 1.165) is 46.7 Å². The fourth-order valence-electron chi connectivity index (χ4n) is 6.85. The molecular weight excluding hydrogens is 634 g/mol. The number of ketones is 1. The van der Waals surface area contributed by atoms with Crippen LogP contribution in [0.2, 0.25) is 0 Å². The number of hydrogen-bond acceptors (Lipinski definition) is 8. The fraction of sp³-hybridized carbons (Fsp3) is 0.400. The summed E-state index contributed by atoms with van der Waals surface area (Å²) >= 11 is 0. The summed E-state index contributed by atoms with van der Waals surface area (Å²) in [6.07, 6.45) is 6.30. The standard InChI is InChI=1S/C40H47N3O7/c1-9-42(10-2)28-14-12-27(13-15-28)33-36(46)34(37(33)47)31-17-16-29(22-32(31)41-26(7)44)43(11-3)20-21-49-39(48)40(8)19-18-30-25(6)35(45)23(4)24(5)38(30)50-40/h12-17,22H,9-11,18-21H2,1-8H3,(H2,45,46,47)/p+1. The Morgan fingerprint density at radius 1 is 1.00 bits per heavy atom. The maximum absolute atomic E-state index is 13.5. The number of fused-ring (bicyclic) bond motifs is 1. The van der Waals surface area contributed by atoms with Crippen LogP contribution in [0.5, 0.6) is 11.5 Å². The maximum Gasteiger partial charge on any atom is 0.350 e. The molecule has 1 atom stereocenters. The number of carbonyl (C=O) groups is 3. The first-order chi connectivity index (χ1) is 23.8. The molecule has 264 valence electrons. The molecule has 2 aromatic rings. The number of esters is 1. The highest BCUT2D eigenvalue weighted by Gasteiger charge is 2.43. The molecule has 2 aliphatic carbocycles. The number of aliphatic hydroxyl groups is 1. The molecule has 50 heavy (non-hydrogen) atoms. The average Bonchev–Trinajstić information content (AvgIpc) is 3.10. The summed E-state index contributed by atoms with van der Waals surface area (Å²) in [5.41, 5.74) is 5.70. The molecule has 1 aliphatic heterocycles. The Morgan fingerprint density at radius 2 is 1.68 bits per heavy atom. The first-order valence-corrected chi connectivity index (χ1v) is 17.3. The summed E-state index contributed by atoms with van der Waals surface area (Å²) in [6, 6.07) is 7.56. The molecule has 0 aromatic heterocycles. The zero-order valence-corrected chi connectivity index (χ0v) is 30.3. The smallest absolute Gasteiger partial charge is 0.350 e. The molecule has 5 rings (SSSR count). The van der Waals surface area contributed by atoms with Gasteiger partial charge in [-0.25, -0.2) is 9.37 Å². The number of nitrogens with zero attached hydrogens (tertiary/aromatic N) is 2. The van der Waals surface area contributed by atoms with Crippen molar-refractivity contribution < 1.29 is 38.6 Å². The molecule has 0 saturated heterocycles. The minimum atomic E-state index is -1.17. The quantitative estimate of drug-likeness (QED) is 0.165. The van der Waals surface area contributed by atoms with Gasteiger partial charge in [0.15, 0.2) is 6.54 Å². The minimum absolute atomic E-state index is 0.0954. The van der Waals surface area contributed by atoms with E-state index in [1.165, 1.54) is 6.92 Å². The number of likely N-dealkylation sites (N-methyl/N-ethyl adjacent to an activating group) is 1. The van der Waals surface area contributed by atoms with Gasteiger partial charge in [-0.15, -0.1) is 0 Å². The summed E-state index contributed by atoms with van der Waals surface area (Å²) in [5, 5.41) is 24.4. The second kappa shape index (κ2) is 14.4. The van der Waals surface area contributed by atoms with Crippen LogP contribution < -0.4 is 15.0 Å². The van der Waals surface area contributed by atoms with Crippen LogP contribution in [0.25, 0.3) is 5.57 Å². The predicted molar refractivity (Wildman–Crippen MR) is 194 cm³/mol. The van der Waals surface area contributed by atoms with Crippen molar-refractivity contribution in [2.24, 2.45) is 0 Å². The van der Waals surface area contributed by atoms with Gasteiger partial charge in [-0.3, -0.25) is 9.59 Å². The number of benzene rings is 2. The largest absolute Gasteiger partial charge is 0.507 e. The molecule has 3 aliphatic rings. The van der Waals surface area contributed by atoms with E-state index in [-0.39, 0.29) is 41.0 Å². The van der Waals surface area contributed by atoms with E-state index >= 15 is 0 Å². The lowest BCUT2D eigenvalue weighted by Crippen LogP contribution is -2.46. The first kappa shape index (κ1) is 36.2. The number of nitrogens with one attached hydrogen (secondary N) is 1. The monoisotopic (exact) mass is 682 g/mol. The summed E-state index contributed by atoms with van der Waals surface area (Å²) < 4.78 is 14.0. The average molecular weight is 683 g/mol. The van der Waals surface area contributed by atoms with Crippen LogP contribution in [-0.2, 0) is 25.5 Å². The van der Waals surface area contributed by atoms with E-state index in [0.29, 0.717) is 48.5 Å². The topological polar surface area (TPSA) is 128 Å². The number of rotatable bonds is 10. The maximum atomic E-state index is 13.5. The molecule has 0 radical (unpaired) electrons. The van der Waals surface area contributed by atoms with E-state index in [9.17, 15) is 24.6 Å². The number of amides is 1. The van der Waals surface area contributed by atoms with E-state index in [4.69, 9.17) is 9.47 Å². The zero-order chi connectivity index (χ0) is 36.5. The van der Waals surface area contributed by atoms with Gasteiger partial charge in [-0.05, 0) is 95.3 Å². The number of phenols is 1. The number of aromatic hydroxyl groups is 1. The van der Waals surface area contributed by atoms with Gasteiger partial charge >= 0.3 is 5.97 Å². The summed E-state index contributed by atoms with van der Waals surface area (Å²) in [6.45, 7) is 17.6. The van der Waals surface area contributed by atoms with Gasteiger partial charge in [0.05, 0.1) is 16.8 Å². The van der Waals surface area contributed by atoms with Crippen molar-refractivity contribution >= 4 is 34.6 Å². The normalized spacial score (nSPS) is 20.8. The van der Waals surface area contributed by atoms with Crippen molar-refractivity contribution in [1.82, 2.24) is 5.32 Å². The Morgan fingerprint density at radius 3 is 2.28 bits per heavy atom. The van der Waals surface area contributed by atoms with Crippen LogP contribution in [-0.4, -0.2) is 76.5 Å². The second-order valence-corrected chi connectivity index (χ2v) is 13.1. The van der Waals surface area contributed by atoms with Crippen LogP contribution in [0.1, 0.15) is 68.9 Å². The van der Waals surface area contributed by atoms with Crippen LogP contribution in [0.15, 0.2) is 65.1 Å². The van der Waals surface area contributed by atoms with Gasteiger partial charge in [-0.2, -0.15) is 0 Å². The van der Waals surface area contributed by atoms with Gasteiger partial charge in [0, 0.05) is 55.4 Å². The Labute approximate surface area is 294 Å². The van der Waals surface area contributed by atoms with Gasteiger partial charge in [0.25, 0.3) is 0 Å². The SMILES string of the molecule is CCN(CC)c1ccc(C2=C(O)/C(=C3C=C/C(=[N+](/CC)CCOC(=O)C4(C)CCc5c(C)c(O)c(C)c(C)c5O4)C=C/3NC(C)=O)C2=O)cc1. The predicted octanol–water partition coefficient (Wildman–Crippen LogP) is 5.70. The zero-order valence-electron chi connectivity index (χ0n) is 30.3. The number of carbonyl (C=O) groups excluding carboxylic acids is 3. The fourth-order valence-corrected chi connectivity index (χ4v) is 6.85. The van der Waals surface area contributed by atoms with Crippen molar-refractivity contribution in [3.05, 3.63) is 92.9 Å². The number of anilines is 1. The van der Waals surface area contributed by atoms with Crippen LogP contribution >= 0.6 is 0 Å². The second-order valence-electron chi connectivity index (χ2n) is 13.1. The Hall–Kier alpha value is -5.12. The van der Waals surface area contributed by atoms with Gasteiger partial charge in [0.1, 0.15) is 30.4 Å². The lowest BCUT2D eigenvalue weighted by Gasteiger charge is -2.35. The molecule has 1 amide bonds. The number of allylic oxidation sites excluding steroid dienone is 5.